The fraction of sp³-hybridized carbons (Fsp3) is 0.100. The molecule has 0 saturated heterocycles. The van der Waals surface area contributed by atoms with Gasteiger partial charge in [0.05, 0.1) is 18.5 Å². The highest BCUT2D eigenvalue weighted by atomic mass is 35.5. The van der Waals surface area contributed by atoms with Crippen molar-refractivity contribution < 1.29 is 18.7 Å². The first-order valence-electron chi connectivity index (χ1n) is 8.06. The van der Waals surface area contributed by atoms with E-state index in [9.17, 15) is 14.0 Å². The number of methoxy groups -OCH3 is 1. The largest absolute Gasteiger partial charge is 0.495 e. The van der Waals surface area contributed by atoms with Crippen LogP contribution in [0.2, 0.25) is 5.02 Å². The van der Waals surface area contributed by atoms with Gasteiger partial charge in [0.15, 0.2) is 0 Å². The molecule has 0 unspecified atom stereocenters. The maximum atomic E-state index is 13.0. The lowest BCUT2D eigenvalue weighted by Crippen LogP contribution is -2.25. The number of benzene rings is 2. The Balaban J connectivity index is 1.78. The lowest BCUT2D eigenvalue weighted by Gasteiger charge is -2.11. The van der Waals surface area contributed by atoms with E-state index in [1.807, 2.05) is 0 Å². The average molecular weight is 387 g/mol. The van der Waals surface area contributed by atoms with Gasteiger partial charge in [0, 0.05) is 17.8 Å². The second-order valence-electron chi connectivity index (χ2n) is 5.78. The van der Waals surface area contributed by atoms with Gasteiger partial charge in [0.1, 0.15) is 11.6 Å². The van der Waals surface area contributed by atoms with E-state index in [2.05, 4.69) is 5.32 Å². The highest BCUT2D eigenvalue weighted by molar-refractivity contribution is 6.46. The summed E-state index contributed by atoms with van der Waals surface area (Å²) in [7, 11) is 1.45. The molecule has 0 aliphatic rings. The Morgan fingerprint density at radius 2 is 1.89 bits per heavy atom. The minimum absolute atomic E-state index is 0.220. The number of halogens is 2. The molecule has 2 aromatic carbocycles. The summed E-state index contributed by atoms with van der Waals surface area (Å²) in [4.78, 5) is 25.0. The second-order valence-corrected chi connectivity index (χ2v) is 6.21. The second kappa shape index (κ2) is 8.05. The minimum atomic E-state index is -0.811. The van der Waals surface area contributed by atoms with Crippen molar-refractivity contribution in [3.63, 3.8) is 0 Å². The summed E-state index contributed by atoms with van der Waals surface area (Å²) < 4.78 is 19.8. The van der Waals surface area contributed by atoms with E-state index < -0.39 is 11.7 Å². The molecule has 1 N–H and O–H groups in total. The SMILES string of the molecule is COc1ccc(Cl)cc1NC(=O)C(=O)c1cccn1Cc1ccc(F)cc1. The summed E-state index contributed by atoms with van der Waals surface area (Å²) in [5.74, 6) is -1.46. The number of rotatable bonds is 6. The van der Waals surface area contributed by atoms with Gasteiger partial charge in [-0.15, -0.1) is 0 Å². The molecule has 1 aromatic heterocycles. The van der Waals surface area contributed by atoms with Crippen molar-refractivity contribution in [2.24, 2.45) is 0 Å². The van der Waals surface area contributed by atoms with Crippen LogP contribution in [0.3, 0.4) is 0 Å². The smallest absolute Gasteiger partial charge is 0.298 e. The van der Waals surface area contributed by atoms with Crippen molar-refractivity contribution in [1.29, 1.82) is 0 Å². The van der Waals surface area contributed by atoms with Gasteiger partial charge in [-0.25, -0.2) is 4.39 Å². The predicted molar refractivity (Wildman–Crippen MR) is 101 cm³/mol. The molecule has 1 amide bonds. The molecule has 0 aliphatic heterocycles. The van der Waals surface area contributed by atoms with Crippen LogP contribution in [0.5, 0.6) is 5.75 Å². The zero-order valence-electron chi connectivity index (χ0n) is 14.4. The van der Waals surface area contributed by atoms with E-state index in [1.54, 1.807) is 47.2 Å². The van der Waals surface area contributed by atoms with Crippen molar-refractivity contribution in [2.75, 3.05) is 12.4 Å². The van der Waals surface area contributed by atoms with Crippen molar-refractivity contribution in [1.82, 2.24) is 4.57 Å². The Kier molecular flexibility index (Phi) is 5.57. The predicted octanol–water partition coefficient (Wildman–Crippen LogP) is 4.16. The number of Topliss-reactive ketones (excluding diaryl/α,β-unsaturated/α-hetero) is 1. The summed E-state index contributed by atoms with van der Waals surface area (Å²) in [6.07, 6.45) is 1.68. The molecule has 3 aromatic rings. The number of hydrogen-bond donors (Lipinski definition) is 1. The summed E-state index contributed by atoms with van der Waals surface area (Å²) in [5, 5.41) is 2.93. The molecule has 0 bridgehead atoms. The van der Waals surface area contributed by atoms with Crippen molar-refractivity contribution in [3.8, 4) is 5.75 Å². The fourth-order valence-corrected chi connectivity index (χ4v) is 2.79. The number of anilines is 1. The molecule has 3 rings (SSSR count). The third-order valence-corrected chi connectivity index (χ3v) is 4.18. The fourth-order valence-electron chi connectivity index (χ4n) is 2.62. The molecular weight excluding hydrogens is 371 g/mol. The lowest BCUT2D eigenvalue weighted by molar-refractivity contribution is -0.112. The molecular formula is C20H16ClFN2O3. The van der Waals surface area contributed by atoms with Crippen LogP contribution in [-0.2, 0) is 11.3 Å². The number of ether oxygens (including phenoxy) is 1. The van der Waals surface area contributed by atoms with Crippen LogP contribution in [-0.4, -0.2) is 23.4 Å². The number of amides is 1. The maximum absolute atomic E-state index is 13.0. The first kappa shape index (κ1) is 18.7. The van der Waals surface area contributed by atoms with Crippen LogP contribution >= 0.6 is 11.6 Å². The summed E-state index contributed by atoms with van der Waals surface area (Å²) in [6, 6.07) is 13.9. The molecule has 138 valence electrons. The van der Waals surface area contributed by atoms with Crippen LogP contribution in [0.1, 0.15) is 16.1 Å². The third kappa shape index (κ3) is 4.35. The first-order valence-corrected chi connectivity index (χ1v) is 8.44. The number of nitrogens with one attached hydrogen (secondary N) is 1. The average Bonchev–Trinajstić information content (AvgIpc) is 3.11. The number of nitrogens with zero attached hydrogens (tertiary/aromatic N) is 1. The van der Waals surface area contributed by atoms with Crippen LogP contribution in [0, 0.1) is 5.82 Å². The quantitative estimate of drug-likeness (QED) is 0.511. The topological polar surface area (TPSA) is 60.3 Å². The minimum Gasteiger partial charge on any atom is -0.495 e. The van der Waals surface area contributed by atoms with Gasteiger partial charge < -0.3 is 14.6 Å². The maximum Gasteiger partial charge on any atom is 0.298 e. The van der Waals surface area contributed by atoms with Gasteiger partial charge in [-0.2, -0.15) is 0 Å². The Labute approximate surface area is 160 Å². The third-order valence-electron chi connectivity index (χ3n) is 3.94. The first-order chi connectivity index (χ1) is 13.0. The zero-order chi connectivity index (χ0) is 19.4. The van der Waals surface area contributed by atoms with Gasteiger partial charge in [-0.3, -0.25) is 9.59 Å². The van der Waals surface area contributed by atoms with Crippen molar-refractivity contribution in [3.05, 3.63) is 82.9 Å². The molecule has 0 atom stereocenters. The van der Waals surface area contributed by atoms with Gasteiger partial charge >= 0.3 is 0 Å². The highest BCUT2D eigenvalue weighted by Crippen LogP contribution is 2.27. The Morgan fingerprint density at radius 1 is 1.15 bits per heavy atom. The molecule has 5 nitrogen and oxygen atoms in total. The van der Waals surface area contributed by atoms with E-state index in [-0.39, 0.29) is 11.5 Å². The van der Waals surface area contributed by atoms with Crippen LogP contribution in [0.25, 0.3) is 0 Å². The highest BCUT2D eigenvalue weighted by Gasteiger charge is 2.21. The number of aromatic nitrogens is 1. The molecule has 27 heavy (non-hydrogen) atoms. The molecule has 0 aliphatic carbocycles. The molecule has 0 spiro atoms. The van der Waals surface area contributed by atoms with Gasteiger partial charge in [-0.05, 0) is 48.0 Å². The normalized spacial score (nSPS) is 10.5. The Bertz CT molecular complexity index is 983. The molecule has 0 radical (unpaired) electrons. The summed E-state index contributed by atoms with van der Waals surface area (Å²) in [5.41, 5.74) is 1.33. The number of hydrogen-bond acceptors (Lipinski definition) is 3. The summed E-state index contributed by atoms with van der Waals surface area (Å²) >= 11 is 5.94. The monoisotopic (exact) mass is 386 g/mol. The number of carbonyl (C=O) groups excluding carboxylic acids is 2. The molecule has 0 saturated carbocycles. The zero-order valence-corrected chi connectivity index (χ0v) is 15.2. The summed E-state index contributed by atoms with van der Waals surface area (Å²) in [6.45, 7) is 0.335. The van der Waals surface area contributed by atoms with Crippen LogP contribution < -0.4 is 10.1 Å². The molecule has 7 heteroatoms. The Morgan fingerprint density at radius 3 is 2.59 bits per heavy atom. The van der Waals surface area contributed by atoms with Crippen molar-refractivity contribution in [2.45, 2.75) is 6.54 Å². The number of ketones is 1. The molecule has 1 heterocycles. The van der Waals surface area contributed by atoms with Crippen molar-refractivity contribution >= 4 is 29.0 Å². The number of carbonyl (C=O) groups is 2. The van der Waals surface area contributed by atoms with Gasteiger partial charge in [0.2, 0.25) is 0 Å². The van der Waals surface area contributed by atoms with E-state index >= 15 is 0 Å². The van der Waals surface area contributed by atoms with E-state index in [0.717, 1.165) is 5.56 Å². The van der Waals surface area contributed by atoms with Gasteiger partial charge in [-0.1, -0.05) is 23.7 Å². The van der Waals surface area contributed by atoms with E-state index in [4.69, 9.17) is 16.3 Å². The standard InChI is InChI=1S/C20H16ClFN2O3/c1-27-18-9-6-14(21)11-16(18)23-20(26)19(25)17-3-2-10-24(17)12-13-4-7-15(22)8-5-13/h2-11H,12H2,1H3,(H,23,26). The van der Waals surface area contributed by atoms with E-state index in [0.29, 0.717) is 23.0 Å². The Hall–Kier alpha value is -3.12. The van der Waals surface area contributed by atoms with Gasteiger partial charge in [0.25, 0.3) is 11.7 Å². The molecule has 0 fully saturated rings. The van der Waals surface area contributed by atoms with E-state index in [1.165, 1.54) is 25.3 Å². The van der Waals surface area contributed by atoms with Crippen LogP contribution in [0.15, 0.2) is 60.8 Å². The van der Waals surface area contributed by atoms with Crippen LogP contribution in [0.4, 0.5) is 10.1 Å². The lowest BCUT2D eigenvalue weighted by atomic mass is 10.2.